The normalized spacial score (nSPS) is 55.0. The van der Waals surface area contributed by atoms with Crippen molar-refractivity contribution in [1.82, 2.24) is 0 Å². The number of epoxide rings is 1. The van der Waals surface area contributed by atoms with E-state index in [1.807, 2.05) is 11.1 Å². The van der Waals surface area contributed by atoms with Crippen LogP contribution in [-0.2, 0) is 4.74 Å². The average molecular weight is 453 g/mol. The maximum absolute atomic E-state index is 6.11. The van der Waals surface area contributed by atoms with E-state index in [9.17, 15) is 0 Å². The molecule has 1 unspecified atom stereocenters. The largest absolute Gasteiger partial charge is 0.372 e. The van der Waals surface area contributed by atoms with Gasteiger partial charge in [0.05, 0.1) is 12.7 Å². The Hall–Kier alpha value is -0.300. The van der Waals surface area contributed by atoms with Gasteiger partial charge in [0.15, 0.2) is 0 Å². The van der Waals surface area contributed by atoms with Crippen molar-refractivity contribution in [3.05, 3.63) is 11.1 Å². The molecular formula is C32H52O. The summed E-state index contributed by atoms with van der Waals surface area (Å²) in [7, 11) is 0. The molecule has 5 fully saturated rings. The molecule has 9 atom stereocenters. The predicted octanol–water partition coefficient (Wildman–Crippen LogP) is 8.82. The van der Waals surface area contributed by atoms with E-state index >= 15 is 0 Å². The number of fused-ring (bicyclic) bond motifs is 7. The van der Waals surface area contributed by atoms with Crippen molar-refractivity contribution in [2.75, 3.05) is 6.61 Å². The zero-order valence-electron chi connectivity index (χ0n) is 23.2. The first-order valence-electron chi connectivity index (χ1n) is 14.8. The van der Waals surface area contributed by atoms with Crippen molar-refractivity contribution < 1.29 is 4.74 Å². The van der Waals surface area contributed by atoms with Crippen LogP contribution >= 0.6 is 0 Å². The van der Waals surface area contributed by atoms with Gasteiger partial charge in [-0.2, -0.15) is 0 Å². The molecule has 5 aliphatic carbocycles. The number of hydrogen-bond donors (Lipinski definition) is 0. The van der Waals surface area contributed by atoms with Crippen LogP contribution in [0.15, 0.2) is 11.1 Å². The van der Waals surface area contributed by atoms with Crippen molar-refractivity contribution >= 4 is 0 Å². The van der Waals surface area contributed by atoms with Gasteiger partial charge in [0, 0.05) is 5.41 Å². The Morgan fingerprint density at radius 3 is 2.18 bits per heavy atom. The molecule has 0 spiro atoms. The minimum absolute atomic E-state index is 0.413. The van der Waals surface area contributed by atoms with E-state index in [2.05, 4.69) is 55.4 Å². The Labute approximate surface area is 204 Å². The Kier molecular flexibility index (Phi) is 4.85. The van der Waals surface area contributed by atoms with Gasteiger partial charge in [0.2, 0.25) is 0 Å². The third kappa shape index (κ3) is 2.70. The molecule has 0 radical (unpaired) electrons. The first-order valence-corrected chi connectivity index (χ1v) is 14.8. The van der Waals surface area contributed by atoms with Gasteiger partial charge in [-0.3, -0.25) is 0 Å². The fourth-order valence-corrected chi connectivity index (χ4v) is 11.8. The van der Waals surface area contributed by atoms with Crippen molar-refractivity contribution in [2.45, 2.75) is 126 Å². The van der Waals surface area contributed by atoms with Crippen LogP contribution in [0.1, 0.15) is 120 Å². The van der Waals surface area contributed by atoms with Crippen LogP contribution in [0.5, 0.6) is 0 Å². The molecule has 1 nitrogen and oxygen atoms in total. The highest BCUT2D eigenvalue weighted by molar-refractivity contribution is 5.39. The van der Waals surface area contributed by atoms with E-state index in [0.717, 1.165) is 30.3 Å². The van der Waals surface area contributed by atoms with Gasteiger partial charge < -0.3 is 4.74 Å². The summed E-state index contributed by atoms with van der Waals surface area (Å²) in [6, 6.07) is 0. The highest BCUT2D eigenvalue weighted by Crippen LogP contribution is 2.77. The number of hydrogen-bond acceptors (Lipinski definition) is 1. The van der Waals surface area contributed by atoms with Crippen molar-refractivity contribution in [3.63, 3.8) is 0 Å². The van der Waals surface area contributed by atoms with Gasteiger partial charge in [-0.05, 0) is 115 Å². The number of allylic oxidation sites excluding steroid dienone is 1. The van der Waals surface area contributed by atoms with Crippen LogP contribution in [0, 0.1) is 56.7 Å². The SMILES string of the molecule is CC(C)C1=C2[C@H]3CC[C@@H]4[C@@]5(C)CC[C@H](C)C(C)(C)[C@@H]5CC[C@@]4(C)[C@]3(C)CC[C@@]2(C2CO2)CC1. The van der Waals surface area contributed by atoms with Gasteiger partial charge in [-0.1, -0.05) is 66.5 Å². The molecule has 0 amide bonds. The second kappa shape index (κ2) is 6.92. The molecule has 6 aliphatic rings. The molecule has 1 aliphatic heterocycles. The maximum Gasteiger partial charge on any atom is 0.0903 e. The van der Waals surface area contributed by atoms with Gasteiger partial charge in [0.25, 0.3) is 0 Å². The zero-order chi connectivity index (χ0) is 23.6. The second-order valence-corrected chi connectivity index (χ2v) is 15.4. The minimum Gasteiger partial charge on any atom is -0.372 e. The molecule has 0 aromatic carbocycles. The summed E-state index contributed by atoms with van der Waals surface area (Å²) >= 11 is 0. The first-order chi connectivity index (χ1) is 15.4. The lowest BCUT2D eigenvalue weighted by Gasteiger charge is -2.72. The standard InChI is InChI=1S/C32H52O/c1-20(2)22-12-16-32(26-19-33-26)18-17-30(7)23(27(22)32)9-10-25-29(6)14-11-21(3)28(4,5)24(29)13-15-31(25,30)8/h20-21,23-26H,9-19H2,1-8H3/t21-,23+,24-,25+,26?,29-,30+,31+,32+/m0/s1. The third-order valence-electron chi connectivity index (χ3n) is 14.2. The van der Waals surface area contributed by atoms with Gasteiger partial charge in [-0.15, -0.1) is 0 Å². The smallest absolute Gasteiger partial charge is 0.0903 e. The summed E-state index contributed by atoms with van der Waals surface area (Å²) in [5, 5.41) is 0. The molecule has 33 heavy (non-hydrogen) atoms. The number of ether oxygens (including phenoxy) is 1. The topological polar surface area (TPSA) is 12.5 Å². The Morgan fingerprint density at radius 1 is 0.788 bits per heavy atom. The lowest BCUT2D eigenvalue weighted by atomic mass is 9.32. The highest BCUT2D eigenvalue weighted by atomic mass is 16.6. The molecule has 1 heteroatoms. The summed E-state index contributed by atoms with van der Waals surface area (Å²) in [6.07, 6.45) is 14.9. The molecule has 0 aromatic heterocycles. The Bertz CT molecular complexity index is 862. The molecule has 0 aromatic rings. The molecule has 186 valence electrons. The molecule has 0 bridgehead atoms. The molecule has 0 N–H and O–H groups in total. The van der Waals surface area contributed by atoms with Gasteiger partial charge >= 0.3 is 0 Å². The monoisotopic (exact) mass is 452 g/mol. The van der Waals surface area contributed by atoms with Crippen molar-refractivity contribution in [2.24, 2.45) is 56.7 Å². The van der Waals surface area contributed by atoms with Crippen LogP contribution in [0.2, 0.25) is 0 Å². The molecule has 1 saturated heterocycles. The van der Waals surface area contributed by atoms with Crippen LogP contribution in [0.4, 0.5) is 0 Å². The number of rotatable bonds is 2. The Balaban J connectivity index is 1.43. The minimum atomic E-state index is 0.413. The lowest BCUT2D eigenvalue weighted by Crippen LogP contribution is -2.65. The summed E-state index contributed by atoms with van der Waals surface area (Å²) in [6.45, 7) is 22.1. The van der Waals surface area contributed by atoms with Crippen molar-refractivity contribution in [3.8, 4) is 0 Å². The summed E-state index contributed by atoms with van der Waals surface area (Å²) in [5.74, 6) is 4.21. The van der Waals surface area contributed by atoms with E-state index in [1.54, 1.807) is 0 Å². The van der Waals surface area contributed by atoms with Crippen LogP contribution in [0.3, 0.4) is 0 Å². The maximum atomic E-state index is 6.11. The van der Waals surface area contributed by atoms with Gasteiger partial charge in [0.1, 0.15) is 0 Å². The molecule has 4 saturated carbocycles. The fourth-order valence-electron chi connectivity index (χ4n) is 11.8. The van der Waals surface area contributed by atoms with Crippen LogP contribution in [-0.4, -0.2) is 12.7 Å². The average Bonchev–Trinajstić information content (AvgIpc) is 3.52. The summed E-state index contributed by atoms with van der Waals surface area (Å²) in [5.41, 5.74) is 6.22. The van der Waals surface area contributed by atoms with Crippen LogP contribution in [0.25, 0.3) is 0 Å². The van der Waals surface area contributed by atoms with E-state index < -0.39 is 0 Å². The summed E-state index contributed by atoms with van der Waals surface area (Å²) in [4.78, 5) is 0. The van der Waals surface area contributed by atoms with Crippen LogP contribution < -0.4 is 0 Å². The quantitative estimate of drug-likeness (QED) is 0.301. The lowest BCUT2D eigenvalue weighted by molar-refractivity contribution is -0.220. The fraction of sp³-hybridized carbons (Fsp3) is 0.938. The predicted molar refractivity (Wildman–Crippen MR) is 138 cm³/mol. The van der Waals surface area contributed by atoms with Crippen molar-refractivity contribution in [1.29, 1.82) is 0 Å². The second-order valence-electron chi connectivity index (χ2n) is 15.4. The van der Waals surface area contributed by atoms with E-state index in [1.165, 1.54) is 64.2 Å². The summed E-state index contributed by atoms with van der Waals surface area (Å²) < 4.78 is 6.11. The van der Waals surface area contributed by atoms with Gasteiger partial charge in [-0.25, -0.2) is 0 Å². The molecule has 6 rings (SSSR count). The zero-order valence-corrected chi connectivity index (χ0v) is 23.2. The molecular weight excluding hydrogens is 400 g/mol. The van der Waals surface area contributed by atoms with E-state index in [4.69, 9.17) is 4.74 Å². The highest BCUT2D eigenvalue weighted by Gasteiger charge is 2.70. The van der Waals surface area contributed by atoms with E-state index in [-0.39, 0.29) is 0 Å². The third-order valence-corrected chi connectivity index (χ3v) is 14.2. The first kappa shape index (κ1) is 23.1. The Morgan fingerprint density at radius 2 is 1.52 bits per heavy atom. The van der Waals surface area contributed by atoms with E-state index in [0.29, 0.717) is 39.1 Å². The molecule has 1 heterocycles.